The zero-order valence-electron chi connectivity index (χ0n) is 6.73. The predicted octanol–water partition coefficient (Wildman–Crippen LogP) is -0.0886. The third kappa shape index (κ3) is 2.18. The van der Waals surface area contributed by atoms with Crippen LogP contribution in [-0.4, -0.2) is 23.3 Å². The molecule has 0 saturated heterocycles. The molecule has 0 unspecified atom stereocenters. The molecule has 12 heavy (non-hydrogen) atoms. The number of aliphatic hydroxyl groups is 1. The first-order valence-electron chi connectivity index (χ1n) is 3.76. The molecule has 0 aliphatic heterocycles. The summed E-state index contributed by atoms with van der Waals surface area (Å²) < 4.78 is 5.18. The van der Waals surface area contributed by atoms with Crippen LogP contribution >= 0.6 is 0 Å². The molecule has 0 radical (unpaired) electrons. The quantitative estimate of drug-likeness (QED) is 0.659. The van der Waals surface area contributed by atoms with Crippen LogP contribution in [0.2, 0.25) is 0 Å². The van der Waals surface area contributed by atoms with E-state index in [4.69, 9.17) is 15.6 Å². The lowest BCUT2D eigenvalue weighted by Crippen LogP contribution is -2.07. The van der Waals surface area contributed by atoms with Crippen LogP contribution in [0.5, 0.6) is 5.75 Å². The number of nitrogens with two attached hydrogens (primary N) is 1. The average Bonchev–Trinajstić information content (AvgIpc) is 2.15. The maximum absolute atomic E-state index is 8.51. The molecule has 0 bridgehead atoms. The smallest absolute Gasteiger partial charge is 0.142 e. The number of ether oxygens (including phenoxy) is 1. The molecule has 0 spiro atoms. The summed E-state index contributed by atoms with van der Waals surface area (Å²) in [6.07, 6.45) is 1.66. The Kier molecular flexibility index (Phi) is 3.50. The Bertz CT molecular complexity index is 240. The number of hydrogen-bond acceptors (Lipinski definition) is 4. The summed E-state index contributed by atoms with van der Waals surface area (Å²) in [6, 6.07) is 3.55. The maximum atomic E-state index is 8.51. The molecule has 0 saturated carbocycles. The SMILES string of the molecule is NCc1ncccc1OCCO. The number of rotatable bonds is 4. The summed E-state index contributed by atoms with van der Waals surface area (Å²) >= 11 is 0. The number of hydrogen-bond donors (Lipinski definition) is 2. The summed E-state index contributed by atoms with van der Waals surface area (Å²) in [5.74, 6) is 0.647. The zero-order chi connectivity index (χ0) is 8.81. The molecule has 0 atom stereocenters. The topological polar surface area (TPSA) is 68.4 Å². The van der Waals surface area contributed by atoms with E-state index in [2.05, 4.69) is 4.98 Å². The minimum absolute atomic E-state index is 0.00109. The van der Waals surface area contributed by atoms with Gasteiger partial charge in [0.15, 0.2) is 0 Å². The first-order valence-corrected chi connectivity index (χ1v) is 3.76. The number of nitrogens with zero attached hydrogens (tertiary/aromatic N) is 1. The predicted molar refractivity (Wildman–Crippen MR) is 44.7 cm³/mol. The van der Waals surface area contributed by atoms with Crippen LogP contribution < -0.4 is 10.5 Å². The van der Waals surface area contributed by atoms with Crippen molar-refractivity contribution in [3.05, 3.63) is 24.0 Å². The lowest BCUT2D eigenvalue weighted by molar-refractivity contribution is 0.199. The van der Waals surface area contributed by atoms with Crippen molar-refractivity contribution >= 4 is 0 Å². The van der Waals surface area contributed by atoms with E-state index < -0.39 is 0 Å². The van der Waals surface area contributed by atoms with Crippen molar-refractivity contribution in [2.75, 3.05) is 13.2 Å². The molecule has 0 aliphatic rings. The molecule has 0 aromatic carbocycles. The summed E-state index contributed by atoms with van der Waals surface area (Å²) in [5.41, 5.74) is 6.13. The summed E-state index contributed by atoms with van der Waals surface area (Å²) in [7, 11) is 0. The lowest BCUT2D eigenvalue weighted by atomic mass is 10.3. The second-order valence-corrected chi connectivity index (χ2v) is 2.22. The molecule has 0 aliphatic carbocycles. The number of pyridine rings is 1. The maximum Gasteiger partial charge on any atom is 0.142 e. The van der Waals surface area contributed by atoms with E-state index >= 15 is 0 Å². The zero-order valence-corrected chi connectivity index (χ0v) is 6.73. The van der Waals surface area contributed by atoms with Crippen LogP contribution in [0.4, 0.5) is 0 Å². The van der Waals surface area contributed by atoms with Gasteiger partial charge in [-0.1, -0.05) is 0 Å². The fraction of sp³-hybridized carbons (Fsp3) is 0.375. The van der Waals surface area contributed by atoms with Crippen LogP contribution in [-0.2, 0) is 6.54 Å². The Hall–Kier alpha value is -1.13. The third-order valence-corrected chi connectivity index (χ3v) is 1.39. The minimum atomic E-state index is -0.00109. The van der Waals surface area contributed by atoms with Gasteiger partial charge < -0.3 is 15.6 Å². The molecule has 0 amide bonds. The average molecular weight is 168 g/mol. The largest absolute Gasteiger partial charge is 0.489 e. The Labute approximate surface area is 71.0 Å². The molecule has 1 heterocycles. The van der Waals surface area contributed by atoms with Gasteiger partial charge in [0.1, 0.15) is 12.4 Å². The molecular weight excluding hydrogens is 156 g/mol. The van der Waals surface area contributed by atoms with Gasteiger partial charge in [-0.15, -0.1) is 0 Å². The second-order valence-electron chi connectivity index (χ2n) is 2.22. The standard InChI is InChI=1S/C8H12N2O2/c9-6-7-8(12-5-4-11)2-1-3-10-7/h1-3,11H,4-6,9H2. The van der Waals surface area contributed by atoms with Crippen LogP contribution in [0, 0.1) is 0 Å². The molecule has 3 N–H and O–H groups in total. The van der Waals surface area contributed by atoms with E-state index in [1.807, 2.05) is 0 Å². The van der Waals surface area contributed by atoms with Gasteiger partial charge in [0.05, 0.1) is 12.3 Å². The molecule has 4 nitrogen and oxygen atoms in total. The van der Waals surface area contributed by atoms with E-state index in [1.165, 1.54) is 0 Å². The molecule has 1 aromatic heterocycles. The second kappa shape index (κ2) is 4.69. The van der Waals surface area contributed by atoms with E-state index in [0.29, 0.717) is 18.0 Å². The highest BCUT2D eigenvalue weighted by Crippen LogP contribution is 2.13. The van der Waals surface area contributed by atoms with Gasteiger partial charge in [-0.25, -0.2) is 0 Å². The Balaban J connectivity index is 2.68. The fourth-order valence-electron chi connectivity index (χ4n) is 0.864. The third-order valence-electron chi connectivity index (χ3n) is 1.39. The van der Waals surface area contributed by atoms with Gasteiger partial charge >= 0.3 is 0 Å². The van der Waals surface area contributed by atoms with E-state index in [9.17, 15) is 0 Å². The Morgan fingerprint density at radius 2 is 2.42 bits per heavy atom. The summed E-state index contributed by atoms with van der Waals surface area (Å²) in [6.45, 7) is 0.624. The fourth-order valence-corrected chi connectivity index (χ4v) is 0.864. The number of aromatic nitrogens is 1. The van der Waals surface area contributed by atoms with Gasteiger partial charge in [-0.05, 0) is 12.1 Å². The highest BCUT2D eigenvalue weighted by atomic mass is 16.5. The van der Waals surface area contributed by atoms with Gasteiger partial charge in [0.25, 0.3) is 0 Å². The molecule has 1 rings (SSSR count). The Morgan fingerprint density at radius 3 is 3.08 bits per heavy atom. The molecule has 0 fully saturated rings. The van der Waals surface area contributed by atoms with Crippen molar-refractivity contribution < 1.29 is 9.84 Å². The van der Waals surface area contributed by atoms with E-state index in [1.54, 1.807) is 18.3 Å². The van der Waals surface area contributed by atoms with E-state index in [-0.39, 0.29) is 13.2 Å². The van der Waals surface area contributed by atoms with Gasteiger partial charge in [0.2, 0.25) is 0 Å². The lowest BCUT2D eigenvalue weighted by Gasteiger charge is -2.06. The first-order chi connectivity index (χ1) is 5.88. The summed E-state index contributed by atoms with van der Waals surface area (Å²) in [4.78, 5) is 4.02. The monoisotopic (exact) mass is 168 g/mol. The minimum Gasteiger partial charge on any atom is -0.489 e. The van der Waals surface area contributed by atoms with Crippen molar-refractivity contribution in [3.63, 3.8) is 0 Å². The van der Waals surface area contributed by atoms with Crippen LogP contribution in [0.3, 0.4) is 0 Å². The van der Waals surface area contributed by atoms with Crippen molar-refractivity contribution in [2.45, 2.75) is 6.54 Å². The first kappa shape index (κ1) is 8.96. The highest BCUT2D eigenvalue weighted by Gasteiger charge is 2.00. The van der Waals surface area contributed by atoms with Crippen LogP contribution in [0.1, 0.15) is 5.69 Å². The molecular formula is C8H12N2O2. The van der Waals surface area contributed by atoms with Gasteiger partial charge in [-0.2, -0.15) is 0 Å². The normalized spacial score (nSPS) is 9.83. The Morgan fingerprint density at radius 1 is 1.58 bits per heavy atom. The molecule has 1 aromatic rings. The van der Waals surface area contributed by atoms with E-state index in [0.717, 1.165) is 0 Å². The molecule has 4 heteroatoms. The van der Waals surface area contributed by atoms with Crippen LogP contribution in [0.25, 0.3) is 0 Å². The van der Waals surface area contributed by atoms with Crippen molar-refractivity contribution in [2.24, 2.45) is 5.73 Å². The van der Waals surface area contributed by atoms with Crippen molar-refractivity contribution in [1.82, 2.24) is 4.98 Å². The van der Waals surface area contributed by atoms with Gasteiger partial charge in [0, 0.05) is 12.7 Å². The van der Waals surface area contributed by atoms with Crippen molar-refractivity contribution in [3.8, 4) is 5.75 Å². The van der Waals surface area contributed by atoms with Gasteiger partial charge in [-0.3, -0.25) is 4.98 Å². The summed E-state index contributed by atoms with van der Waals surface area (Å²) in [5, 5.41) is 8.51. The van der Waals surface area contributed by atoms with Crippen LogP contribution in [0.15, 0.2) is 18.3 Å². The highest BCUT2D eigenvalue weighted by molar-refractivity contribution is 5.26. The number of aliphatic hydroxyl groups excluding tert-OH is 1. The van der Waals surface area contributed by atoms with Crippen molar-refractivity contribution in [1.29, 1.82) is 0 Å². The molecule has 66 valence electrons.